The monoisotopic (exact) mass is 788 g/mol. The molecule has 0 spiro atoms. The number of benzene rings is 4. The molecule has 2 atom stereocenters. The van der Waals surface area contributed by atoms with E-state index in [1.54, 1.807) is 0 Å². The molecule has 0 unspecified atom stereocenters. The first-order valence-corrected chi connectivity index (χ1v) is 19.2. The molecule has 0 bridgehead atoms. The largest absolute Gasteiger partial charge is 0.550 e. The summed E-state index contributed by atoms with van der Waals surface area (Å²) in [4.78, 5) is 19.2. The van der Waals surface area contributed by atoms with Crippen LogP contribution in [-0.4, -0.2) is 40.7 Å². The van der Waals surface area contributed by atoms with Crippen LogP contribution in [0.5, 0.6) is 11.5 Å². The van der Waals surface area contributed by atoms with Gasteiger partial charge in [-0.2, -0.15) is 0 Å². The minimum absolute atomic E-state index is 0. The number of aliphatic imine (C=N–C) groups is 2. The van der Waals surface area contributed by atoms with Crippen molar-refractivity contribution in [3.63, 3.8) is 0 Å². The molecule has 2 N–H and O–H groups in total. The molecule has 297 valence electrons. The van der Waals surface area contributed by atoms with Gasteiger partial charge < -0.3 is 20.1 Å². The Kier molecular flexibility index (Phi) is 14.9. The summed E-state index contributed by atoms with van der Waals surface area (Å²) in [7, 11) is 0. The molecule has 7 heteroatoms. The number of carboxylic acid groups (broad SMARTS) is 1. The molecule has 55 heavy (non-hydrogen) atoms. The van der Waals surface area contributed by atoms with Crippen LogP contribution in [0, 0.1) is 0 Å². The Morgan fingerprint density at radius 2 is 0.909 bits per heavy atom. The van der Waals surface area contributed by atoms with E-state index in [2.05, 4.69) is 142 Å². The number of aliphatic carboxylic acids is 1. The summed E-state index contributed by atoms with van der Waals surface area (Å²) in [6, 6.07) is 29.3. The normalized spacial score (nSPS) is 16.7. The number of hydrogen-bond donors (Lipinski definition) is 2. The molecular weight excluding hydrogens is 727 g/mol. The standard InChI is InChI=1S/C46H58N2O2.C2H4O2.Co/c1-43(2,3)35-25-31(41(49)37(27-35)45(7,8)33-19-13-11-14-20-33)29-47-39-23-17-18-24-40(39)48-30-32-26-36(44(4,5)6)28-38(42(32)50)46(9,10)34-21-15-12-16-22-34;1-2(3)4;/h11-16,19-22,25-30,39-40,49-50H,17-18,23-24H2,1-10H3;1H3,(H,3,4);/p-1/t39-,40-;;/m1../s1. The number of aromatic hydroxyl groups is 2. The molecule has 1 radical (unpaired) electrons. The molecule has 0 aromatic heterocycles. The summed E-state index contributed by atoms with van der Waals surface area (Å²) < 4.78 is 0. The van der Waals surface area contributed by atoms with Gasteiger partial charge in [0.1, 0.15) is 11.5 Å². The molecule has 4 aromatic carbocycles. The van der Waals surface area contributed by atoms with Crippen LogP contribution in [0.3, 0.4) is 0 Å². The Balaban J connectivity index is 0.00000155. The fraction of sp³-hybridized carbons (Fsp3) is 0.438. The number of carbonyl (C=O) groups excluding carboxylic acids is 1. The van der Waals surface area contributed by atoms with Crippen LogP contribution in [0.4, 0.5) is 0 Å². The molecule has 0 heterocycles. The Morgan fingerprint density at radius 3 is 1.20 bits per heavy atom. The van der Waals surface area contributed by atoms with Crippen molar-refractivity contribution in [1.82, 2.24) is 0 Å². The third-order valence-corrected chi connectivity index (χ3v) is 10.9. The van der Waals surface area contributed by atoms with Gasteiger partial charge in [0, 0.05) is 68.3 Å². The molecule has 0 amide bonds. The maximum atomic E-state index is 11.8. The minimum atomic E-state index is -1.08. The number of phenolic OH excluding ortho intramolecular Hbond substituents is 2. The molecule has 4 aromatic rings. The van der Waals surface area contributed by atoms with Gasteiger partial charge in [0.25, 0.3) is 0 Å². The van der Waals surface area contributed by atoms with Gasteiger partial charge in [-0.15, -0.1) is 0 Å². The summed E-state index contributed by atoms with van der Waals surface area (Å²) in [5, 5.41) is 32.4. The summed E-state index contributed by atoms with van der Waals surface area (Å²) in [5.41, 5.74) is 6.92. The summed E-state index contributed by atoms with van der Waals surface area (Å²) in [5.74, 6) is -0.520. The van der Waals surface area contributed by atoms with Crippen molar-refractivity contribution in [2.24, 2.45) is 9.98 Å². The Morgan fingerprint density at radius 1 is 0.600 bits per heavy atom. The molecule has 1 saturated carbocycles. The zero-order valence-corrected chi connectivity index (χ0v) is 35.7. The molecule has 1 aliphatic carbocycles. The molecule has 5 rings (SSSR count). The van der Waals surface area contributed by atoms with Crippen LogP contribution < -0.4 is 5.11 Å². The van der Waals surface area contributed by atoms with Gasteiger partial charge in [-0.3, -0.25) is 9.98 Å². The van der Waals surface area contributed by atoms with Gasteiger partial charge in [0.2, 0.25) is 0 Å². The van der Waals surface area contributed by atoms with Crippen molar-refractivity contribution in [1.29, 1.82) is 0 Å². The van der Waals surface area contributed by atoms with Crippen molar-refractivity contribution in [2.75, 3.05) is 0 Å². The third kappa shape index (κ3) is 11.2. The fourth-order valence-electron chi connectivity index (χ4n) is 7.14. The second-order valence-corrected chi connectivity index (χ2v) is 17.9. The second-order valence-electron chi connectivity index (χ2n) is 17.9. The van der Waals surface area contributed by atoms with E-state index >= 15 is 0 Å². The van der Waals surface area contributed by atoms with Crippen LogP contribution in [0.25, 0.3) is 0 Å². The van der Waals surface area contributed by atoms with Gasteiger partial charge in [0.15, 0.2) is 0 Å². The van der Waals surface area contributed by atoms with E-state index < -0.39 is 16.8 Å². The molecular formula is C48H61CoN2O4-. The number of carboxylic acids is 1. The first kappa shape index (κ1) is 45.2. The Hall–Kier alpha value is -4.20. The van der Waals surface area contributed by atoms with Crippen molar-refractivity contribution in [2.45, 2.75) is 136 Å². The zero-order chi connectivity index (χ0) is 40.1. The van der Waals surface area contributed by atoms with E-state index in [-0.39, 0.29) is 51.2 Å². The Bertz CT molecular complexity index is 1810. The number of rotatable bonds is 8. The number of nitrogens with zero attached hydrogens (tertiary/aromatic N) is 2. The zero-order valence-electron chi connectivity index (χ0n) is 34.7. The van der Waals surface area contributed by atoms with Crippen molar-refractivity contribution >= 4 is 18.4 Å². The van der Waals surface area contributed by atoms with Crippen molar-refractivity contribution < 1.29 is 36.9 Å². The SMILES string of the molecule is CC(=O)[O-].CC(C)(C)c1cc(C=N[C@@H]2CCCC[C@H]2N=Cc2cc(C(C)(C)C)cc(C(C)(C)c3ccccc3)c2O)c(O)c(C(C)(C)c2ccccc2)c1.[Co]. The molecule has 6 nitrogen and oxygen atoms in total. The maximum absolute atomic E-state index is 11.8. The Labute approximate surface area is 340 Å². The average Bonchev–Trinajstić information content (AvgIpc) is 3.10. The molecule has 1 aliphatic rings. The van der Waals surface area contributed by atoms with E-state index in [9.17, 15) is 10.2 Å². The van der Waals surface area contributed by atoms with E-state index in [1.165, 1.54) is 0 Å². The van der Waals surface area contributed by atoms with Crippen LogP contribution in [0.1, 0.15) is 146 Å². The van der Waals surface area contributed by atoms with Crippen molar-refractivity contribution in [3.05, 3.63) is 129 Å². The second kappa shape index (κ2) is 18.2. The van der Waals surface area contributed by atoms with E-state index in [0.29, 0.717) is 0 Å². The fourth-order valence-corrected chi connectivity index (χ4v) is 7.14. The van der Waals surface area contributed by atoms with Crippen LogP contribution in [-0.2, 0) is 43.2 Å². The molecule has 0 saturated heterocycles. The van der Waals surface area contributed by atoms with Crippen LogP contribution >= 0.6 is 0 Å². The maximum Gasteiger partial charge on any atom is 0.128 e. The van der Waals surface area contributed by atoms with E-state index in [4.69, 9.17) is 19.9 Å². The van der Waals surface area contributed by atoms with Gasteiger partial charge in [-0.05, 0) is 65.0 Å². The predicted octanol–water partition coefficient (Wildman–Crippen LogP) is 9.95. The van der Waals surface area contributed by atoms with E-state index in [1.807, 2.05) is 24.6 Å². The summed E-state index contributed by atoms with van der Waals surface area (Å²) in [6.45, 7) is 22.9. The predicted molar refractivity (Wildman–Crippen MR) is 223 cm³/mol. The minimum Gasteiger partial charge on any atom is -0.550 e. The van der Waals surface area contributed by atoms with Gasteiger partial charge in [0.05, 0.1) is 12.1 Å². The first-order chi connectivity index (χ1) is 25.1. The first-order valence-electron chi connectivity index (χ1n) is 19.2. The van der Waals surface area contributed by atoms with Gasteiger partial charge in [-0.1, -0.05) is 155 Å². The number of phenols is 2. The van der Waals surface area contributed by atoms with Crippen LogP contribution in [0.15, 0.2) is 94.9 Å². The molecule has 0 aliphatic heterocycles. The summed E-state index contributed by atoms with van der Waals surface area (Å²) >= 11 is 0. The average molecular weight is 789 g/mol. The van der Waals surface area contributed by atoms with Gasteiger partial charge in [-0.25, -0.2) is 0 Å². The van der Waals surface area contributed by atoms with Crippen LogP contribution in [0.2, 0.25) is 0 Å². The number of carbonyl (C=O) groups is 1. The van der Waals surface area contributed by atoms with Gasteiger partial charge >= 0.3 is 0 Å². The number of hydrogen-bond acceptors (Lipinski definition) is 6. The van der Waals surface area contributed by atoms with Crippen molar-refractivity contribution in [3.8, 4) is 11.5 Å². The third-order valence-electron chi connectivity index (χ3n) is 10.9. The smallest absolute Gasteiger partial charge is 0.128 e. The van der Waals surface area contributed by atoms with E-state index in [0.717, 1.165) is 77.1 Å². The quantitative estimate of drug-likeness (QED) is 0.174. The molecule has 1 fully saturated rings. The summed E-state index contributed by atoms with van der Waals surface area (Å²) in [6.07, 6.45) is 7.81. The topological polar surface area (TPSA) is 105 Å².